The van der Waals surface area contributed by atoms with Gasteiger partial charge in [-0.2, -0.15) is 0 Å². The highest BCUT2D eigenvalue weighted by Gasteiger charge is 2.18. The summed E-state index contributed by atoms with van der Waals surface area (Å²) in [7, 11) is 0. The van der Waals surface area contributed by atoms with Crippen molar-refractivity contribution in [2.24, 2.45) is 0 Å². The summed E-state index contributed by atoms with van der Waals surface area (Å²) in [6.07, 6.45) is 0. The monoisotopic (exact) mass is 297 g/mol. The number of nitrogens with zero attached hydrogens (tertiary/aromatic N) is 1. The molecule has 0 amide bonds. The van der Waals surface area contributed by atoms with Crippen molar-refractivity contribution >= 4 is 28.9 Å². The third-order valence-corrected chi connectivity index (χ3v) is 3.31. The molecule has 4 nitrogen and oxygen atoms in total. The summed E-state index contributed by atoms with van der Waals surface area (Å²) in [5, 5.41) is 10.6. The van der Waals surface area contributed by atoms with Crippen LogP contribution in [0.3, 0.4) is 0 Å². The number of hydrogen-bond donors (Lipinski definition) is 0. The highest BCUT2D eigenvalue weighted by atomic mass is 35.5. The molecule has 0 heterocycles. The first-order valence-corrected chi connectivity index (χ1v) is 6.14. The summed E-state index contributed by atoms with van der Waals surface area (Å²) in [5.74, 6) is 0.320. The van der Waals surface area contributed by atoms with Crippen LogP contribution in [0.1, 0.15) is 5.56 Å². The Balaban J connectivity index is 2.18. The SMILES string of the molecule is O=[N+]([O-])c1ccc(OCc2ccccc2)c(Cl)c1Cl. The summed E-state index contributed by atoms with van der Waals surface area (Å²) in [6.45, 7) is 0.314. The Hall–Kier alpha value is -1.78. The predicted molar refractivity (Wildman–Crippen MR) is 73.9 cm³/mol. The summed E-state index contributed by atoms with van der Waals surface area (Å²) in [4.78, 5) is 10.1. The topological polar surface area (TPSA) is 52.4 Å². The number of halogens is 2. The molecule has 0 radical (unpaired) electrons. The number of benzene rings is 2. The van der Waals surface area contributed by atoms with Crippen LogP contribution in [0.2, 0.25) is 10.0 Å². The molecule has 0 aromatic heterocycles. The Morgan fingerprint density at radius 2 is 1.74 bits per heavy atom. The fraction of sp³-hybridized carbons (Fsp3) is 0.0769. The van der Waals surface area contributed by atoms with Gasteiger partial charge in [-0.25, -0.2) is 0 Å². The van der Waals surface area contributed by atoms with E-state index in [9.17, 15) is 10.1 Å². The van der Waals surface area contributed by atoms with Crippen LogP contribution in [-0.4, -0.2) is 4.92 Å². The molecule has 2 aromatic rings. The maximum absolute atomic E-state index is 10.7. The van der Waals surface area contributed by atoms with Gasteiger partial charge in [-0.05, 0) is 11.6 Å². The summed E-state index contributed by atoms with van der Waals surface area (Å²) < 4.78 is 5.50. The predicted octanol–water partition coefficient (Wildman–Crippen LogP) is 4.48. The maximum Gasteiger partial charge on any atom is 0.289 e. The van der Waals surface area contributed by atoms with Crippen LogP contribution in [0.4, 0.5) is 5.69 Å². The minimum absolute atomic E-state index is 0.0480. The molecule has 0 aliphatic heterocycles. The first-order chi connectivity index (χ1) is 9.09. The average Bonchev–Trinajstić information content (AvgIpc) is 2.41. The quantitative estimate of drug-likeness (QED) is 0.617. The van der Waals surface area contributed by atoms with Crippen LogP contribution in [0.15, 0.2) is 42.5 Å². The van der Waals surface area contributed by atoms with E-state index in [2.05, 4.69) is 0 Å². The Morgan fingerprint density at radius 3 is 2.37 bits per heavy atom. The smallest absolute Gasteiger partial charge is 0.289 e. The lowest BCUT2D eigenvalue weighted by Gasteiger charge is -2.09. The van der Waals surface area contributed by atoms with E-state index in [1.807, 2.05) is 30.3 Å². The van der Waals surface area contributed by atoms with Gasteiger partial charge in [-0.15, -0.1) is 0 Å². The van der Waals surface area contributed by atoms with Crippen molar-refractivity contribution in [2.45, 2.75) is 6.61 Å². The number of nitro groups is 1. The van der Waals surface area contributed by atoms with Crippen LogP contribution in [0.25, 0.3) is 0 Å². The Kier molecular flexibility index (Phi) is 4.24. The third kappa shape index (κ3) is 3.16. The molecule has 0 saturated carbocycles. The maximum atomic E-state index is 10.7. The molecule has 0 saturated heterocycles. The van der Waals surface area contributed by atoms with Gasteiger partial charge in [0, 0.05) is 6.07 Å². The third-order valence-electron chi connectivity index (χ3n) is 2.46. The zero-order valence-electron chi connectivity index (χ0n) is 9.68. The van der Waals surface area contributed by atoms with Crippen LogP contribution >= 0.6 is 23.2 Å². The van der Waals surface area contributed by atoms with Crippen molar-refractivity contribution in [2.75, 3.05) is 0 Å². The van der Waals surface area contributed by atoms with E-state index < -0.39 is 4.92 Å². The van der Waals surface area contributed by atoms with Gasteiger partial charge in [0.1, 0.15) is 22.4 Å². The average molecular weight is 298 g/mol. The van der Waals surface area contributed by atoms with E-state index >= 15 is 0 Å². The second kappa shape index (κ2) is 5.91. The highest BCUT2D eigenvalue weighted by Crippen LogP contribution is 2.38. The van der Waals surface area contributed by atoms with Crippen molar-refractivity contribution in [3.8, 4) is 5.75 Å². The molecule has 0 fully saturated rings. The molecule has 2 rings (SSSR count). The second-order valence-electron chi connectivity index (χ2n) is 3.74. The van der Waals surface area contributed by atoms with Crippen molar-refractivity contribution in [1.29, 1.82) is 0 Å². The fourth-order valence-corrected chi connectivity index (χ4v) is 1.95. The molecule has 0 aliphatic carbocycles. The lowest BCUT2D eigenvalue weighted by molar-refractivity contribution is -0.384. The molecular weight excluding hydrogens is 289 g/mol. The zero-order chi connectivity index (χ0) is 13.8. The van der Waals surface area contributed by atoms with E-state index in [0.717, 1.165) is 5.56 Å². The molecule has 0 aliphatic rings. The normalized spacial score (nSPS) is 10.2. The molecule has 0 spiro atoms. The molecule has 0 unspecified atom stereocenters. The number of ether oxygens (including phenoxy) is 1. The second-order valence-corrected chi connectivity index (χ2v) is 4.50. The summed E-state index contributed by atoms with van der Waals surface area (Å²) in [6, 6.07) is 12.2. The van der Waals surface area contributed by atoms with Gasteiger partial charge >= 0.3 is 0 Å². The molecular formula is C13H9Cl2NO3. The molecule has 19 heavy (non-hydrogen) atoms. The minimum Gasteiger partial charge on any atom is -0.487 e. The first-order valence-electron chi connectivity index (χ1n) is 5.38. The standard InChI is InChI=1S/C13H9Cl2NO3/c14-12-10(16(17)18)6-7-11(13(12)15)19-8-9-4-2-1-3-5-9/h1-7H,8H2. The minimum atomic E-state index is -0.588. The van der Waals surface area contributed by atoms with Crippen LogP contribution < -0.4 is 4.74 Å². The van der Waals surface area contributed by atoms with Crippen LogP contribution in [-0.2, 0) is 6.61 Å². The summed E-state index contributed by atoms with van der Waals surface area (Å²) >= 11 is 11.8. The fourth-order valence-electron chi connectivity index (χ4n) is 1.51. The number of nitro benzene ring substituents is 1. The summed E-state index contributed by atoms with van der Waals surface area (Å²) in [5.41, 5.74) is 0.728. The highest BCUT2D eigenvalue weighted by molar-refractivity contribution is 6.44. The van der Waals surface area contributed by atoms with E-state index in [1.165, 1.54) is 12.1 Å². The molecule has 2 aromatic carbocycles. The Morgan fingerprint density at radius 1 is 1.05 bits per heavy atom. The van der Waals surface area contributed by atoms with Gasteiger partial charge in [0.2, 0.25) is 0 Å². The van der Waals surface area contributed by atoms with Crippen LogP contribution in [0.5, 0.6) is 5.75 Å². The van der Waals surface area contributed by atoms with E-state index in [1.54, 1.807) is 0 Å². The Bertz CT molecular complexity index is 602. The van der Waals surface area contributed by atoms with E-state index in [4.69, 9.17) is 27.9 Å². The number of hydrogen-bond acceptors (Lipinski definition) is 3. The van der Waals surface area contributed by atoms with Gasteiger partial charge in [-0.3, -0.25) is 10.1 Å². The van der Waals surface area contributed by atoms with Crippen molar-refractivity contribution in [3.05, 3.63) is 68.2 Å². The largest absolute Gasteiger partial charge is 0.487 e. The Labute approximate surface area is 119 Å². The van der Waals surface area contributed by atoms with Crippen molar-refractivity contribution < 1.29 is 9.66 Å². The molecule has 0 bridgehead atoms. The first kappa shape index (κ1) is 13.6. The lowest BCUT2D eigenvalue weighted by atomic mass is 10.2. The van der Waals surface area contributed by atoms with Gasteiger partial charge in [0.05, 0.1) is 4.92 Å². The van der Waals surface area contributed by atoms with Crippen LogP contribution in [0, 0.1) is 10.1 Å². The van der Waals surface area contributed by atoms with Crippen molar-refractivity contribution in [1.82, 2.24) is 0 Å². The zero-order valence-corrected chi connectivity index (χ0v) is 11.2. The number of rotatable bonds is 4. The molecule has 6 heteroatoms. The van der Waals surface area contributed by atoms with Crippen molar-refractivity contribution in [3.63, 3.8) is 0 Å². The lowest BCUT2D eigenvalue weighted by Crippen LogP contribution is -1.97. The van der Waals surface area contributed by atoms with Gasteiger partial charge in [-0.1, -0.05) is 53.5 Å². The van der Waals surface area contributed by atoms with E-state index in [0.29, 0.717) is 12.4 Å². The molecule has 0 atom stereocenters. The molecule has 98 valence electrons. The van der Waals surface area contributed by atoms with Gasteiger partial charge in [0.15, 0.2) is 0 Å². The van der Waals surface area contributed by atoms with Gasteiger partial charge in [0.25, 0.3) is 5.69 Å². The van der Waals surface area contributed by atoms with Gasteiger partial charge < -0.3 is 4.74 Å². The van der Waals surface area contributed by atoms with E-state index in [-0.39, 0.29) is 15.7 Å². The molecule has 0 N–H and O–H groups in total.